The quantitative estimate of drug-likeness (QED) is 0.697. The number of nitrogens with zero attached hydrogens (tertiary/aromatic N) is 2. The molecule has 4 nitrogen and oxygen atoms in total. The summed E-state index contributed by atoms with van der Waals surface area (Å²) in [6, 6.07) is 9.97. The second kappa shape index (κ2) is 5.90. The summed E-state index contributed by atoms with van der Waals surface area (Å²) in [5, 5.41) is 9.00. The van der Waals surface area contributed by atoms with Crippen LogP contribution in [0.1, 0.15) is 28.1 Å². The van der Waals surface area contributed by atoms with Gasteiger partial charge in [0.15, 0.2) is 0 Å². The molecule has 0 fully saturated rings. The van der Waals surface area contributed by atoms with Gasteiger partial charge in [0.05, 0.1) is 0 Å². The van der Waals surface area contributed by atoms with Crippen LogP contribution in [0.4, 0.5) is 0 Å². The Morgan fingerprint density at radius 1 is 1.27 bits per heavy atom. The third kappa shape index (κ3) is 2.66. The van der Waals surface area contributed by atoms with Crippen molar-refractivity contribution in [1.29, 1.82) is 5.26 Å². The van der Waals surface area contributed by atoms with Gasteiger partial charge in [-0.3, -0.25) is 4.79 Å². The Labute approximate surface area is 130 Å². The summed E-state index contributed by atoms with van der Waals surface area (Å²) in [7, 11) is 0. The number of hydrogen-bond donors (Lipinski definition) is 1. The highest BCUT2D eigenvalue weighted by Gasteiger charge is 2.13. The molecule has 0 unspecified atom stereocenters. The lowest BCUT2D eigenvalue weighted by Crippen LogP contribution is -2.12. The van der Waals surface area contributed by atoms with Crippen molar-refractivity contribution < 1.29 is 4.79 Å². The minimum Gasteiger partial charge on any atom is -0.365 e. The maximum absolute atomic E-state index is 11.2. The van der Waals surface area contributed by atoms with Crippen molar-refractivity contribution in [2.45, 2.75) is 27.7 Å². The zero-order chi connectivity index (χ0) is 16.4. The zero-order valence-electron chi connectivity index (χ0n) is 13.3. The number of carbonyl (C=O) groups excluding carboxylic acids is 1. The number of benzene rings is 1. The number of amides is 1. The predicted octanol–water partition coefficient (Wildman–Crippen LogP) is 3.10. The summed E-state index contributed by atoms with van der Waals surface area (Å²) in [4.78, 5) is 11.2. The summed E-state index contributed by atoms with van der Waals surface area (Å²) in [5.41, 5.74) is 11.5. The monoisotopic (exact) mass is 293 g/mol. The van der Waals surface area contributed by atoms with Crippen LogP contribution in [-0.4, -0.2) is 10.5 Å². The van der Waals surface area contributed by atoms with Crippen molar-refractivity contribution in [3.8, 4) is 11.8 Å². The summed E-state index contributed by atoms with van der Waals surface area (Å²) in [5.74, 6) is -0.709. The van der Waals surface area contributed by atoms with Crippen LogP contribution < -0.4 is 5.73 Å². The smallest absolute Gasteiger partial charge is 0.259 e. The van der Waals surface area contributed by atoms with Gasteiger partial charge in [-0.15, -0.1) is 0 Å². The Hall–Kier alpha value is -2.80. The summed E-state index contributed by atoms with van der Waals surface area (Å²) >= 11 is 0. The Bertz CT molecular complexity index is 820. The molecule has 22 heavy (non-hydrogen) atoms. The first-order valence-electron chi connectivity index (χ1n) is 7.04. The van der Waals surface area contributed by atoms with Crippen LogP contribution in [0.25, 0.3) is 11.8 Å². The van der Waals surface area contributed by atoms with E-state index >= 15 is 0 Å². The summed E-state index contributed by atoms with van der Waals surface area (Å²) < 4.78 is 2.13. The van der Waals surface area contributed by atoms with Crippen molar-refractivity contribution in [2.75, 3.05) is 0 Å². The predicted molar refractivity (Wildman–Crippen MR) is 87.5 cm³/mol. The molecule has 0 atom stereocenters. The largest absolute Gasteiger partial charge is 0.365 e. The van der Waals surface area contributed by atoms with E-state index in [0.717, 1.165) is 22.6 Å². The van der Waals surface area contributed by atoms with E-state index in [1.165, 1.54) is 11.1 Å². The normalized spacial score (nSPS) is 11.3. The zero-order valence-corrected chi connectivity index (χ0v) is 13.3. The van der Waals surface area contributed by atoms with Gasteiger partial charge in [-0.2, -0.15) is 5.26 Å². The highest BCUT2D eigenvalue weighted by atomic mass is 16.1. The number of nitriles is 1. The molecule has 0 aliphatic rings. The van der Waals surface area contributed by atoms with Gasteiger partial charge in [0.1, 0.15) is 11.6 Å². The molecule has 0 saturated heterocycles. The number of nitrogens with two attached hydrogens (primary N) is 1. The Morgan fingerprint density at radius 3 is 2.55 bits per heavy atom. The van der Waals surface area contributed by atoms with E-state index in [0.29, 0.717) is 0 Å². The molecule has 1 heterocycles. The molecule has 2 aromatic rings. The van der Waals surface area contributed by atoms with Crippen LogP contribution in [0.5, 0.6) is 0 Å². The summed E-state index contributed by atoms with van der Waals surface area (Å²) in [6.07, 6.45) is 1.55. The van der Waals surface area contributed by atoms with Crippen LogP contribution in [-0.2, 0) is 4.79 Å². The van der Waals surface area contributed by atoms with E-state index < -0.39 is 5.91 Å². The van der Waals surface area contributed by atoms with Gasteiger partial charge in [0.25, 0.3) is 5.91 Å². The number of hydrogen-bond acceptors (Lipinski definition) is 2. The van der Waals surface area contributed by atoms with Crippen molar-refractivity contribution in [3.63, 3.8) is 0 Å². The van der Waals surface area contributed by atoms with Crippen LogP contribution in [0, 0.1) is 39.0 Å². The number of aromatic nitrogens is 1. The molecule has 0 spiro atoms. The maximum atomic E-state index is 11.2. The average molecular weight is 293 g/mol. The first-order chi connectivity index (χ1) is 10.4. The molecule has 0 radical (unpaired) electrons. The van der Waals surface area contributed by atoms with Gasteiger partial charge in [-0.1, -0.05) is 12.1 Å². The molecule has 0 saturated carbocycles. The molecule has 1 aromatic heterocycles. The van der Waals surface area contributed by atoms with Crippen LogP contribution in [0.2, 0.25) is 0 Å². The van der Waals surface area contributed by atoms with Crippen molar-refractivity contribution in [1.82, 2.24) is 4.57 Å². The van der Waals surface area contributed by atoms with E-state index in [4.69, 9.17) is 11.0 Å². The number of aryl methyl sites for hydroxylation is 2. The molecule has 1 amide bonds. The van der Waals surface area contributed by atoms with Gasteiger partial charge >= 0.3 is 0 Å². The highest BCUT2D eigenvalue weighted by Crippen LogP contribution is 2.26. The van der Waals surface area contributed by atoms with E-state index in [2.05, 4.69) is 30.5 Å². The van der Waals surface area contributed by atoms with Gasteiger partial charge in [-0.25, -0.2) is 0 Å². The lowest BCUT2D eigenvalue weighted by Gasteiger charge is -2.14. The molecular formula is C18H19N3O. The van der Waals surface area contributed by atoms with E-state index in [-0.39, 0.29) is 5.57 Å². The lowest BCUT2D eigenvalue weighted by molar-refractivity contribution is -0.114. The molecule has 4 heteroatoms. The number of primary amides is 1. The Kier molecular flexibility index (Phi) is 4.18. The van der Waals surface area contributed by atoms with Gasteiger partial charge < -0.3 is 10.3 Å². The van der Waals surface area contributed by atoms with Gasteiger partial charge in [0.2, 0.25) is 0 Å². The van der Waals surface area contributed by atoms with Gasteiger partial charge in [0, 0.05) is 17.1 Å². The van der Waals surface area contributed by atoms with Gasteiger partial charge in [-0.05, 0) is 62.6 Å². The number of rotatable bonds is 3. The minimum absolute atomic E-state index is 0.0405. The Morgan fingerprint density at radius 2 is 1.95 bits per heavy atom. The molecule has 0 aliphatic heterocycles. The molecular weight excluding hydrogens is 274 g/mol. The van der Waals surface area contributed by atoms with Crippen molar-refractivity contribution >= 4 is 12.0 Å². The lowest BCUT2D eigenvalue weighted by atomic mass is 10.1. The van der Waals surface area contributed by atoms with Crippen LogP contribution in [0.3, 0.4) is 0 Å². The third-order valence-corrected chi connectivity index (χ3v) is 3.97. The van der Waals surface area contributed by atoms with E-state index in [9.17, 15) is 4.79 Å². The molecule has 0 bridgehead atoms. The standard InChI is InChI=1S/C18H19N3O/c1-11-6-5-7-17(13(11)3)21-12(2)8-15(14(21)4)9-16(10-19)18(20)22/h5-9H,1-4H3,(H2,20,22)/b16-9+. The highest BCUT2D eigenvalue weighted by molar-refractivity contribution is 6.00. The fourth-order valence-corrected chi connectivity index (χ4v) is 2.60. The summed E-state index contributed by atoms with van der Waals surface area (Å²) in [6.45, 7) is 8.14. The van der Waals surface area contributed by atoms with Crippen molar-refractivity contribution in [2.24, 2.45) is 5.73 Å². The van der Waals surface area contributed by atoms with E-state index in [1.54, 1.807) is 6.08 Å². The maximum Gasteiger partial charge on any atom is 0.259 e. The molecule has 2 rings (SSSR count). The second-order valence-corrected chi connectivity index (χ2v) is 5.41. The van der Waals surface area contributed by atoms with Crippen LogP contribution >= 0.6 is 0 Å². The first kappa shape index (κ1) is 15.6. The SMILES string of the molecule is Cc1cccc(-n2c(C)cc(/C=C(\C#N)C(N)=O)c2C)c1C. The molecule has 112 valence electrons. The third-order valence-electron chi connectivity index (χ3n) is 3.97. The molecule has 0 aliphatic carbocycles. The number of carbonyl (C=O) groups is 1. The molecule has 1 aromatic carbocycles. The van der Waals surface area contributed by atoms with Crippen molar-refractivity contribution in [3.05, 3.63) is 57.9 Å². The molecule has 2 N–H and O–H groups in total. The van der Waals surface area contributed by atoms with E-state index in [1.807, 2.05) is 32.0 Å². The topological polar surface area (TPSA) is 71.8 Å². The first-order valence-corrected chi connectivity index (χ1v) is 7.04. The van der Waals surface area contributed by atoms with Crippen LogP contribution in [0.15, 0.2) is 29.8 Å². The fraction of sp³-hybridized carbons (Fsp3) is 0.222. The minimum atomic E-state index is -0.709. The Balaban J connectivity index is 2.65. The fourth-order valence-electron chi connectivity index (χ4n) is 2.60. The average Bonchev–Trinajstić information content (AvgIpc) is 2.74. The second-order valence-electron chi connectivity index (χ2n) is 5.41.